The number of hydrogen-bond acceptors (Lipinski definition) is 4. The zero-order valence-electron chi connectivity index (χ0n) is 18.7. The highest BCUT2D eigenvalue weighted by Crippen LogP contribution is 2.31. The Morgan fingerprint density at radius 2 is 1.83 bits per heavy atom. The lowest BCUT2D eigenvalue weighted by Gasteiger charge is -2.10. The van der Waals surface area contributed by atoms with Crippen molar-refractivity contribution in [3.63, 3.8) is 0 Å². The van der Waals surface area contributed by atoms with Crippen LogP contribution in [0.5, 0.6) is 0 Å². The third-order valence-corrected chi connectivity index (χ3v) is 6.93. The number of carbonyl (C=O) groups is 1. The van der Waals surface area contributed by atoms with Crippen molar-refractivity contribution in [3.05, 3.63) is 94.6 Å². The second kappa shape index (κ2) is 9.68. The van der Waals surface area contributed by atoms with E-state index in [1.54, 1.807) is 36.5 Å². The van der Waals surface area contributed by atoms with Gasteiger partial charge < -0.3 is 9.71 Å². The second-order valence-corrected chi connectivity index (χ2v) is 9.41. The molecular formula is C27H20ClF2N3OS. The molecule has 0 aliphatic rings. The van der Waals surface area contributed by atoms with Gasteiger partial charge in [0.25, 0.3) is 0 Å². The summed E-state index contributed by atoms with van der Waals surface area (Å²) in [4.78, 5) is 21.0. The molecule has 35 heavy (non-hydrogen) atoms. The predicted molar refractivity (Wildman–Crippen MR) is 140 cm³/mol. The maximum absolute atomic E-state index is 15.1. The molecule has 2 aromatic heterocycles. The Bertz CT molecular complexity index is 1570. The van der Waals surface area contributed by atoms with Crippen molar-refractivity contribution < 1.29 is 13.6 Å². The number of anilines is 1. The third kappa shape index (κ3) is 4.49. The lowest BCUT2D eigenvalue weighted by atomic mass is 9.99. The fourth-order valence-electron chi connectivity index (χ4n) is 3.93. The predicted octanol–water partition coefficient (Wildman–Crippen LogP) is 8.02. The average Bonchev–Trinajstić information content (AvgIpc) is 3.23. The van der Waals surface area contributed by atoms with Gasteiger partial charge >= 0.3 is 0 Å². The van der Waals surface area contributed by atoms with Crippen LogP contribution in [0.25, 0.3) is 33.1 Å². The summed E-state index contributed by atoms with van der Waals surface area (Å²) >= 11 is 7.31. The largest absolute Gasteiger partial charge is 0.339 e. The maximum Gasteiger partial charge on any atom is 0.199 e. The molecule has 0 spiro atoms. The standard InChI is InChI=1S/C27H20ClF2N3OS/c1-2-11-35-33-23-10-8-21(29)24(25(23)30)26(34)16-5-9-22-19(12-16)20-13-17(14-31-27(20)32-22)15-3-6-18(28)7-4-15/h3-10,12-14,33H,2,11H2,1H3,(H,31,32). The molecule has 0 aliphatic carbocycles. The Hall–Kier alpha value is -3.42. The molecule has 0 radical (unpaired) electrons. The van der Waals surface area contributed by atoms with Crippen molar-refractivity contribution in [1.29, 1.82) is 0 Å². The molecule has 0 amide bonds. The molecular weight excluding hydrogens is 488 g/mol. The lowest BCUT2D eigenvalue weighted by Crippen LogP contribution is -2.09. The number of rotatable bonds is 7. The van der Waals surface area contributed by atoms with E-state index in [2.05, 4.69) is 14.7 Å². The van der Waals surface area contributed by atoms with Crippen LogP contribution in [0.4, 0.5) is 14.5 Å². The average molecular weight is 508 g/mol. The molecule has 0 unspecified atom stereocenters. The molecule has 3 aromatic carbocycles. The Kier molecular flexibility index (Phi) is 6.45. The van der Waals surface area contributed by atoms with Crippen LogP contribution >= 0.6 is 23.5 Å². The molecule has 0 bridgehead atoms. The topological polar surface area (TPSA) is 57.8 Å². The number of fused-ring (bicyclic) bond motifs is 3. The maximum atomic E-state index is 15.1. The number of nitrogens with zero attached hydrogens (tertiary/aromatic N) is 1. The van der Waals surface area contributed by atoms with E-state index in [0.717, 1.165) is 45.7 Å². The fraction of sp³-hybridized carbons (Fsp3) is 0.111. The van der Waals surface area contributed by atoms with E-state index in [0.29, 0.717) is 10.7 Å². The molecule has 0 aliphatic heterocycles. The first-order chi connectivity index (χ1) is 17.0. The molecule has 176 valence electrons. The molecule has 0 saturated carbocycles. The van der Waals surface area contributed by atoms with Gasteiger partial charge in [-0.1, -0.05) is 42.6 Å². The van der Waals surface area contributed by atoms with Gasteiger partial charge in [-0.3, -0.25) is 4.79 Å². The molecule has 2 N–H and O–H groups in total. The lowest BCUT2D eigenvalue weighted by molar-refractivity contribution is 0.103. The minimum atomic E-state index is -0.899. The van der Waals surface area contributed by atoms with Crippen molar-refractivity contribution in [1.82, 2.24) is 9.97 Å². The van der Waals surface area contributed by atoms with Gasteiger partial charge in [-0.25, -0.2) is 13.8 Å². The van der Waals surface area contributed by atoms with Crippen molar-refractivity contribution in [2.45, 2.75) is 13.3 Å². The van der Waals surface area contributed by atoms with E-state index < -0.39 is 23.0 Å². The number of H-pyrrole nitrogens is 1. The van der Waals surface area contributed by atoms with Crippen molar-refractivity contribution in [3.8, 4) is 11.1 Å². The van der Waals surface area contributed by atoms with Gasteiger partial charge in [0.05, 0.1) is 11.3 Å². The number of benzene rings is 3. The summed E-state index contributed by atoms with van der Waals surface area (Å²) in [5.41, 5.74) is 2.94. The van der Waals surface area contributed by atoms with Gasteiger partial charge in [0.15, 0.2) is 11.6 Å². The number of ketones is 1. The van der Waals surface area contributed by atoms with E-state index in [1.807, 2.05) is 25.1 Å². The van der Waals surface area contributed by atoms with Gasteiger partial charge in [-0.15, -0.1) is 0 Å². The molecule has 0 fully saturated rings. The highest BCUT2D eigenvalue weighted by molar-refractivity contribution is 8.00. The number of halogens is 3. The fourth-order valence-corrected chi connectivity index (χ4v) is 4.67. The summed E-state index contributed by atoms with van der Waals surface area (Å²) in [7, 11) is 0. The van der Waals surface area contributed by atoms with Crippen LogP contribution < -0.4 is 4.72 Å². The number of aromatic nitrogens is 2. The van der Waals surface area contributed by atoms with Crippen LogP contribution in [0.1, 0.15) is 29.3 Å². The summed E-state index contributed by atoms with van der Waals surface area (Å²) in [5.74, 6) is -1.76. The van der Waals surface area contributed by atoms with Crippen LogP contribution in [0.3, 0.4) is 0 Å². The number of carbonyl (C=O) groups excluding carboxylic acids is 1. The third-order valence-electron chi connectivity index (χ3n) is 5.70. The molecule has 5 aromatic rings. The highest BCUT2D eigenvalue weighted by Gasteiger charge is 2.23. The smallest absolute Gasteiger partial charge is 0.199 e. The Labute approximate surface area is 209 Å². The van der Waals surface area contributed by atoms with Crippen LogP contribution in [0, 0.1) is 11.6 Å². The zero-order chi connectivity index (χ0) is 24.5. The molecule has 4 nitrogen and oxygen atoms in total. The van der Waals surface area contributed by atoms with Gasteiger partial charge in [-0.2, -0.15) is 0 Å². The summed E-state index contributed by atoms with van der Waals surface area (Å²) in [5, 5.41) is 2.18. The monoisotopic (exact) mass is 507 g/mol. The normalized spacial score (nSPS) is 11.3. The molecule has 0 saturated heterocycles. The Morgan fingerprint density at radius 3 is 2.60 bits per heavy atom. The quantitative estimate of drug-likeness (QED) is 0.133. The number of aromatic amines is 1. The van der Waals surface area contributed by atoms with Crippen molar-refractivity contribution in [2.75, 3.05) is 10.5 Å². The number of pyridine rings is 1. The summed E-state index contributed by atoms with van der Waals surface area (Å²) in [6.45, 7) is 2.00. The molecule has 2 heterocycles. The van der Waals surface area contributed by atoms with Crippen LogP contribution in [0.2, 0.25) is 5.02 Å². The van der Waals surface area contributed by atoms with Gasteiger partial charge in [-0.05, 0) is 60.5 Å². The Morgan fingerprint density at radius 1 is 1.03 bits per heavy atom. The SMILES string of the molecule is CCCSNc1ccc(F)c(C(=O)c2ccc3[nH]c4ncc(-c5ccc(Cl)cc5)cc4c3c2)c1F. The summed E-state index contributed by atoms with van der Waals surface area (Å²) in [6.07, 6.45) is 2.65. The van der Waals surface area contributed by atoms with Gasteiger partial charge in [0.2, 0.25) is 0 Å². The van der Waals surface area contributed by atoms with E-state index >= 15 is 4.39 Å². The first kappa shape index (κ1) is 23.3. The van der Waals surface area contributed by atoms with Crippen molar-refractivity contribution >= 4 is 57.0 Å². The number of nitrogens with one attached hydrogen (secondary N) is 2. The summed E-state index contributed by atoms with van der Waals surface area (Å²) in [6, 6.07) is 16.7. The van der Waals surface area contributed by atoms with E-state index in [9.17, 15) is 9.18 Å². The molecule has 0 atom stereocenters. The van der Waals surface area contributed by atoms with Gasteiger partial charge in [0.1, 0.15) is 11.5 Å². The zero-order valence-corrected chi connectivity index (χ0v) is 20.2. The minimum absolute atomic E-state index is 0.0816. The van der Waals surface area contributed by atoms with E-state index in [1.165, 1.54) is 18.0 Å². The molecule has 8 heteroatoms. The van der Waals surface area contributed by atoms with Crippen molar-refractivity contribution in [2.24, 2.45) is 0 Å². The van der Waals surface area contributed by atoms with Crippen LogP contribution in [-0.4, -0.2) is 21.5 Å². The van der Waals surface area contributed by atoms with E-state index in [4.69, 9.17) is 11.6 Å². The number of hydrogen-bond donors (Lipinski definition) is 2. The Balaban J connectivity index is 1.56. The second-order valence-electron chi connectivity index (χ2n) is 8.08. The minimum Gasteiger partial charge on any atom is -0.339 e. The first-order valence-corrected chi connectivity index (χ1v) is 12.4. The van der Waals surface area contributed by atoms with Crippen LogP contribution in [-0.2, 0) is 0 Å². The highest BCUT2D eigenvalue weighted by atomic mass is 35.5. The van der Waals surface area contributed by atoms with E-state index in [-0.39, 0.29) is 11.3 Å². The molecule has 5 rings (SSSR count). The first-order valence-electron chi connectivity index (χ1n) is 11.0. The van der Waals surface area contributed by atoms with Gasteiger partial charge in [0, 0.05) is 44.4 Å². The summed E-state index contributed by atoms with van der Waals surface area (Å²) < 4.78 is 32.6. The van der Waals surface area contributed by atoms with Crippen LogP contribution in [0.15, 0.2) is 66.9 Å².